The highest BCUT2D eigenvalue weighted by Crippen LogP contribution is 2.31. The maximum absolute atomic E-state index is 10.4. The van der Waals surface area contributed by atoms with Gasteiger partial charge in [0, 0.05) is 7.11 Å². The zero-order valence-electron chi connectivity index (χ0n) is 9.63. The van der Waals surface area contributed by atoms with Crippen LogP contribution in [0.25, 0.3) is 0 Å². The Morgan fingerprint density at radius 2 is 1.69 bits per heavy atom. The first kappa shape index (κ1) is 12.9. The van der Waals surface area contributed by atoms with Gasteiger partial charge >= 0.3 is 0 Å². The van der Waals surface area contributed by atoms with Crippen LogP contribution in [0.4, 0.5) is 0 Å². The summed E-state index contributed by atoms with van der Waals surface area (Å²) in [6.45, 7) is 8.79. The van der Waals surface area contributed by atoms with E-state index in [9.17, 15) is 5.11 Å². The first-order valence-electron chi connectivity index (χ1n) is 5.24. The summed E-state index contributed by atoms with van der Waals surface area (Å²) in [7, 11) is 1.65. The SMILES string of the molecule is CCC(CC)C(O)(COC)C(C)C. The van der Waals surface area contributed by atoms with Crippen molar-refractivity contribution in [3.8, 4) is 0 Å². The van der Waals surface area contributed by atoms with E-state index in [-0.39, 0.29) is 5.92 Å². The third-order valence-corrected chi connectivity index (χ3v) is 3.07. The van der Waals surface area contributed by atoms with Gasteiger partial charge in [0.15, 0.2) is 0 Å². The lowest BCUT2D eigenvalue weighted by Gasteiger charge is -2.38. The molecule has 2 heteroatoms. The van der Waals surface area contributed by atoms with Gasteiger partial charge in [-0.05, 0) is 11.8 Å². The van der Waals surface area contributed by atoms with Gasteiger partial charge in [0.05, 0.1) is 12.2 Å². The molecule has 0 amide bonds. The molecule has 0 saturated carbocycles. The Morgan fingerprint density at radius 3 is 1.92 bits per heavy atom. The van der Waals surface area contributed by atoms with Gasteiger partial charge in [0.1, 0.15) is 0 Å². The summed E-state index contributed by atoms with van der Waals surface area (Å²) in [4.78, 5) is 0. The second-order valence-electron chi connectivity index (χ2n) is 4.09. The summed E-state index contributed by atoms with van der Waals surface area (Å²) < 4.78 is 5.10. The first-order chi connectivity index (χ1) is 6.02. The van der Waals surface area contributed by atoms with Gasteiger partial charge in [0.25, 0.3) is 0 Å². The van der Waals surface area contributed by atoms with Crippen LogP contribution in [0.1, 0.15) is 40.5 Å². The van der Waals surface area contributed by atoms with Crippen LogP contribution in [0.5, 0.6) is 0 Å². The van der Waals surface area contributed by atoms with Crippen molar-refractivity contribution >= 4 is 0 Å². The lowest BCUT2D eigenvalue weighted by Crippen LogP contribution is -2.46. The van der Waals surface area contributed by atoms with E-state index < -0.39 is 5.60 Å². The Labute approximate surface area is 82.3 Å². The minimum atomic E-state index is -0.655. The molecule has 1 atom stereocenters. The molecular formula is C11H24O2. The van der Waals surface area contributed by atoms with Crippen molar-refractivity contribution in [3.63, 3.8) is 0 Å². The molecule has 0 spiro atoms. The van der Waals surface area contributed by atoms with E-state index in [1.54, 1.807) is 7.11 Å². The fourth-order valence-electron chi connectivity index (χ4n) is 1.98. The van der Waals surface area contributed by atoms with E-state index in [2.05, 4.69) is 27.7 Å². The molecule has 0 aliphatic heterocycles. The summed E-state index contributed by atoms with van der Waals surface area (Å²) in [5.41, 5.74) is -0.655. The molecule has 0 aromatic heterocycles. The van der Waals surface area contributed by atoms with E-state index in [1.807, 2.05) is 0 Å². The predicted molar refractivity (Wildman–Crippen MR) is 55.7 cm³/mol. The third kappa shape index (κ3) is 2.96. The van der Waals surface area contributed by atoms with Crippen LogP contribution in [0.2, 0.25) is 0 Å². The van der Waals surface area contributed by atoms with Crippen LogP contribution in [0.15, 0.2) is 0 Å². The largest absolute Gasteiger partial charge is 0.387 e. The van der Waals surface area contributed by atoms with E-state index in [4.69, 9.17) is 4.74 Å². The minimum Gasteiger partial charge on any atom is -0.387 e. The molecule has 0 radical (unpaired) electrons. The van der Waals surface area contributed by atoms with Crippen LogP contribution in [0.3, 0.4) is 0 Å². The van der Waals surface area contributed by atoms with Gasteiger partial charge in [-0.15, -0.1) is 0 Å². The van der Waals surface area contributed by atoms with Crippen molar-refractivity contribution in [1.82, 2.24) is 0 Å². The summed E-state index contributed by atoms with van der Waals surface area (Å²) in [5.74, 6) is 0.588. The Bertz CT molecular complexity index is 130. The second-order valence-corrected chi connectivity index (χ2v) is 4.09. The highest BCUT2D eigenvalue weighted by atomic mass is 16.5. The average Bonchev–Trinajstić information content (AvgIpc) is 2.06. The van der Waals surface area contributed by atoms with Crippen molar-refractivity contribution in [2.45, 2.75) is 46.1 Å². The monoisotopic (exact) mass is 188 g/mol. The van der Waals surface area contributed by atoms with E-state index >= 15 is 0 Å². The van der Waals surface area contributed by atoms with E-state index in [0.717, 1.165) is 12.8 Å². The van der Waals surface area contributed by atoms with E-state index in [0.29, 0.717) is 12.5 Å². The van der Waals surface area contributed by atoms with Crippen molar-refractivity contribution in [1.29, 1.82) is 0 Å². The van der Waals surface area contributed by atoms with Gasteiger partial charge in [-0.2, -0.15) is 0 Å². The standard InChI is InChI=1S/C11H24O2/c1-6-10(7-2)11(12,8-13-5)9(3)4/h9-10,12H,6-8H2,1-5H3. The van der Waals surface area contributed by atoms with Crippen molar-refractivity contribution in [2.24, 2.45) is 11.8 Å². The van der Waals surface area contributed by atoms with Crippen LogP contribution in [-0.2, 0) is 4.74 Å². The molecule has 0 rings (SSSR count). The normalized spacial score (nSPS) is 16.6. The molecule has 0 heterocycles. The van der Waals surface area contributed by atoms with E-state index in [1.165, 1.54) is 0 Å². The Balaban J connectivity index is 4.53. The maximum atomic E-state index is 10.4. The van der Waals surface area contributed by atoms with Gasteiger partial charge < -0.3 is 9.84 Å². The number of methoxy groups -OCH3 is 1. The van der Waals surface area contributed by atoms with Crippen molar-refractivity contribution < 1.29 is 9.84 Å². The van der Waals surface area contributed by atoms with Crippen LogP contribution < -0.4 is 0 Å². The number of aliphatic hydroxyl groups is 1. The molecule has 2 nitrogen and oxygen atoms in total. The van der Waals surface area contributed by atoms with Crippen LogP contribution in [0, 0.1) is 11.8 Å². The van der Waals surface area contributed by atoms with Gasteiger partial charge in [-0.25, -0.2) is 0 Å². The number of ether oxygens (including phenoxy) is 1. The van der Waals surface area contributed by atoms with Gasteiger partial charge in [0.2, 0.25) is 0 Å². The quantitative estimate of drug-likeness (QED) is 0.694. The summed E-state index contributed by atoms with van der Waals surface area (Å²) in [5, 5.41) is 10.4. The highest BCUT2D eigenvalue weighted by Gasteiger charge is 2.37. The van der Waals surface area contributed by atoms with Crippen molar-refractivity contribution in [3.05, 3.63) is 0 Å². The van der Waals surface area contributed by atoms with Gasteiger partial charge in [-0.3, -0.25) is 0 Å². The smallest absolute Gasteiger partial charge is 0.0930 e. The predicted octanol–water partition coefficient (Wildman–Crippen LogP) is 2.46. The second kappa shape index (κ2) is 5.61. The van der Waals surface area contributed by atoms with Gasteiger partial charge in [-0.1, -0.05) is 40.5 Å². The van der Waals surface area contributed by atoms with Crippen LogP contribution in [-0.4, -0.2) is 24.4 Å². The Kier molecular flexibility index (Phi) is 5.57. The van der Waals surface area contributed by atoms with Crippen LogP contribution >= 0.6 is 0 Å². The molecule has 0 aromatic rings. The number of rotatable bonds is 6. The Hall–Kier alpha value is -0.0800. The Morgan fingerprint density at radius 1 is 1.23 bits per heavy atom. The van der Waals surface area contributed by atoms with Crippen molar-refractivity contribution in [2.75, 3.05) is 13.7 Å². The molecular weight excluding hydrogens is 164 g/mol. The summed E-state index contributed by atoms with van der Waals surface area (Å²) in [6.07, 6.45) is 2.02. The molecule has 0 aliphatic rings. The lowest BCUT2D eigenvalue weighted by molar-refractivity contribution is -0.108. The molecule has 13 heavy (non-hydrogen) atoms. The fraction of sp³-hybridized carbons (Fsp3) is 1.00. The molecule has 0 aliphatic carbocycles. The zero-order valence-corrected chi connectivity index (χ0v) is 9.63. The lowest BCUT2D eigenvalue weighted by atomic mass is 9.76. The molecule has 1 N–H and O–H groups in total. The number of hydrogen-bond donors (Lipinski definition) is 1. The molecule has 0 bridgehead atoms. The highest BCUT2D eigenvalue weighted by molar-refractivity contribution is 4.87. The summed E-state index contributed by atoms with van der Waals surface area (Å²) >= 11 is 0. The molecule has 0 aromatic carbocycles. The molecule has 80 valence electrons. The zero-order chi connectivity index (χ0) is 10.5. The molecule has 1 unspecified atom stereocenters. The summed E-state index contributed by atoms with van der Waals surface area (Å²) in [6, 6.07) is 0. The first-order valence-corrected chi connectivity index (χ1v) is 5.24. The third-order valence-electron chi connectivity index (χ3n) is 3.07. The number of hydrogen-bond acceptors (Lipinski definition) is 2. The molecule has 0 saturated heterocycles. The molecule has 0 fully saturated rings. The topological polar surface area (TPSA) is 29.5 Å². The fourth-order valence-corrected chi connectivity index (χ4v) is 1.98. The minimum absolute atomic E-state index is 0.248. The maximum Gasteiger partial charge on any atom is 0.0930 e. The average molecular weight is 188 g/mol.